The lowest BCUT2D eigenvalue weighted by Gasteiger charge is -2.14. The Bertz CT molecular complexity index is 818. The first-order valence-corrected chi connectivity index (χ1v) is 8.29. The van der Waals surface area contributed by atoms with Gasteiger partial charge in [-0.3, -0.25) is 4.79 Å². The summed E-state index contributed by atoms with van der Waals surface area (Å²) >= 11 is 1.55. The van der Waals surface area contributed by atoms with Crippen LogP contribution in [0.1, 0.15) is 41.1 Å². The summed E-state index contributed by atoms with van der Waals surface area (Å²) in [5.41, 5.74) is 1.23. The molecule has 1 atom stereocenters. The van der Waals surface area contributed by atoms with Crippen LogP contribution in [0.4, 0.5) is 0 Å². The number of rotatable bonds is 5. The van der Waals surface area contributed by atoms with E-state index in [0.717, 1.165) is 23.1 Å². The Balaban J connectivity index is 1.72. The third-order valence-corrected chi connectivity index (χ3v) is 4.33. The van der Waals surface area contributed by atoms with Gasteiger partial charge in [0.05, 0.1) is 16.6 Å². The lowest BCUT2D eigenvalue weighted by Crippen LogP contribution is -2.28. The number of amides is 1. The Hall–Kier alpha value is -2.41. The molecule has 0 aliphatic carbocycles. The van der Waals surface area contributed by atoms with Crippen molar-refractivity contribution in [2.24, 2.45) is 0 Å². The average Bonchev–Trinajstić information content (AvgIpc) is 3.26. The van der Waals surface area contributed by atoms with Gasteiger partial charge in [0.1, 0.15) is 17.8 Å². The summed E-state index contributed by atoms with van der Waals surface area (Å²) in [7, 11) is 0. The summed E-state index contributed by atoms with van der Waals surface area (Å²) in [6.07, 6.45) is 5.10. The van der Waals surface area contributed by atoms with Gasteiger partial charge in [0.25, 0.3) is 5.91 Å². The third kappa shape index (κ3) is 3.19. The molecule has 0 aliphatic rings. The van der Waals surface area contributed by atoms with Gasteiger partial charge in [0, 0.05) is 24.3 Å². The van der Waals surface area contributed by atoms with Crippen LogP contribution in [-0.2, 0) is 6.54 Å². The number of carbonyl (C=O) groups is 1. The Kier molecular flexibility index (Phi) is 4.29. The lowest BCUT2D eigenvalue weighted by atomic mass is 10.2. The van der Waals surface area contributed by atoms with Gasteiger partial charge in [-0.15, -0.1) is 11.3 Å². The van der Waals surface area contributed by atoms with E-state index in [1.54, 1.807) is 23.6 Å². The Morgan fingerprint density at radius 1 is 1.52 bits per heavy atom. The molecule has 0 saturated heterocycles. The zero-order valence-corrected chi connectivity index (χ0v) is 14.1. The number of hydrogen-bond donors (Lipinski definition) is 1. The van der Waals surface area contributed by atoms with Crippen molar-refractivity contribution in [3.8, 4) is 11.5 Å². The number of imidazole rings is 1. The summed E-state index contributed by atoms with van der Waals surface area (Å²) in [6, 6.07) is 1.53. The van der Waals surface area contributed by atoms with Gasteiger partial charge in [-0.1, -0.05) is 0 Å². The molecule has 0 saturated carbocycles. The van der Waals surface area contributed by atoms with Gasteiger partial charge in [-0.05, 0) is 26.8 Å². The molecule has 0 fully saturated rings. The molecular formula is C16H18N4O2S. The first-order chi connectivity index (χ1) is 11.1. The van der Waals surface area contributed by atoms with E-state index in [1.165, 1.54) is 6.26 Å². The van der Waals surface area contributed by atoms with Crippen LogP contribution in [0.15, 0.2) is 34.5 Å². The van der Waals surface area contributed by atoms with Crippen LogP contribution in [0.3, 0.4) is 0 Å². The number of aromatic nitrogens is 3. The molecular weight excluding hydrogens is 312 g/mol. The minimum atomic E-state index is -0.190. The standard InChI is InChI=1S/C16H18N4O2S/c1-4-20-6-5-17-15(20)10(2)18-16(21)12-7-14(22-8-12)13-9-23-11(3)19-13/h5-10H,4H2,1-3H3,(H,18,21). The second-order valence-electron chi connectivity index (χ2n) is 5.22. The van der Waals surface area contributed by atoms with Gasteiger partial charge >= 0.3 is 0 Å². The third-order valence-electron chi connectivity index (χ3n) is 3.56. The van der Waals surface area contributed by atoms with E-state index < -0.39 is 0 Å². The fourth-order valence-corrected chi connectivity index (χ4v) is 2.98. The molecule has 0 aliphatic heterocycles. The Morgan fingerprint density at radius 2 is 2.35 bits per heavy atom. The smallest absolute Gasteiger partial charge is 0.255 e. The van der Waals surface area contributed by atoms with Crippen molar-refractivity contribution in [1.82, 2.24) is 19.9 Å². The average molecular weight is 330 g/mol. The SMILES string of the molecule is CCn1ccnc1C(C)NC(=O)c1coc(-c2csc(C)n2)c1. The normalized spacial score (nSPS) is 12.3. The molecule has 1 N–H and O–H groups in total. The van der Waals surface area contributed by atoms with E-state index in [-0.39, 0.29) is 11.9 Å². The molecule has 0 radical (unpaired) electrons. The van der Waals surface area contributed by atoms with Crippen molar-refractivity contribution in [2.45, 2.75) is 33.4 Å². The van der Waals surface area contributed by atoms with E-state index in [1.807, 2.05) is 36.9 Å². The molecule has 0 spiro atoms. The highest BCUT2D eigenvalue weighted by atomic mass is 32.1. The van der Waals surface area contributed by atoms with Crippen LogP contribution >= 0.6 is 11.3 Å². The Labute approximate surface area is 138 Å². The zero-order valence-electron chi connectivity index (χ0n) is 13.2. The van der Waals surface area contributed by atoms with Crippen molar-refractivity contribution in [2.75, 3.05) is 0 Å². The van der Waals surface area contributed by atoms with Crippen LogP contribution in [0.5, 0.6) is 0 Å². The van der Waals surface area contributed by atoms with E-state index in [0.29, 0.717) is 11.3 Å². The van der Waals surface area contributed by atoms with Crippen LogP contribution in [0.2, 0.25) is 0 Å². The number of hydrogen-bond acceptors (Lipinski definition) is 5. The highest BCUT2D eigenvalue weighted by molar-refractivity contribution is 7.09. The van der Waals surface area contributed by atoms with Crippen molar-refractivity contribution in [3.05, 3.63) is 46.5 Å². The minimum absolute atomic E-state index is 0.183. The second-order valence-corrected chi connectivity index (χ2v) is 6.28. The van der Waals surface area contributed by atoms with Crippen LogP contribution < -0.4 is 5.32 Å². The fourth-order valence-electron chi connectivity index (χ4n) is 2.38. The van der Waals surface area contributed by atoms with Crippen molar-refractivity contribution < 1.29 is 9.21 Å². The van der Waals surface area contributed by atoms with Crippen molar-refractivity contribution in [3.63, 3.8) is 0 Å². The number of nitrogens with zero attached hydrogens (tertiary/aromatic N) is 3. The molecule has 6 nitrogen and oxygen atoms in total. The lowest BCUT2D eigenvalue weighted by molar-refractivity contribution is 0.0937. The maximum Gasteiger partial charge on any atom is 0.255 e. The molecule has 1 unspecified atom stereocenters. The second kappa shape index (κ2) is 6.37. The highest BCUT2D eigenvalue weighted by Crippen LogP contribution is 2.24. The van der Waals surface area contributed by atoms with E-state index in [2.05, 4.69) is 15.3 Å². The van der Waals surface area contributed by atoms with Crippen molar-refractivity contribution >= 4 is 17.2 Å². The van der Waals surface area contributed by atoms with Crippen LogP contribution in [-0.4, -0.2) is 20.4 Å². The first-order valence-electron chi connectivity index (χ1n) is 7.41. The van der Waals surface area contributed by atoms with Crippen molar-refractivity contribution in [1.29, 1.82) is 0 Å². The monoisotopic (exact) mass is 330 g/mol. The number of nitrogens with one attached hydrogen (secondary N) is 1. The van der Waals surface area contributed by atoms with E-state index in [4.69, 9.17) is 4.42 Å². The molecule has 120 valence electrons. The molecule has 0 aromatic carbocycles. The van der Waals surface area contributed by atoms with Gasteiger partial charge in [-0.2, -0.15) is 0 Å². The quantitative estimate of drug-likeness (QED) is 0.778. The number of carbonyl (C=O) groups excluding carboxylic acids is 1. The molecule has 1 amide bonds. The predicted molar refractivity (Wildman–Crippen MR) is 88.3 cm³/mol. The van der Waals surface area contributed by atoms with Crippen LogP contribution in [0, 0.1) is 6.92 Å². The Morgan fingerprint density at radius 3 is 3.04 bits per heavy atom. The van der Waals surface area contributed by atoms with Gasteiger partial charge in [0.15, 0.2) is 5.76 Å². The van der Waals surface area contributed by atoms with Crippen LogP contribution in [0.25, 0.3) is 11.5 Å². The molecule has 7 heteroatoms. The van der Waals surface area contributed by atoms with E-state index >= 15 is 0 Å². The summed E-state index contributed by atoms with van der Waals surface area (Å²) in [5.74, 6) is 1.24. The summed E-state index contributed by atoms with van der Waals surface area (Å²) in [4.78, 5) is 21.0. The molecule has 3 aromatic rings. The predicted octanol–water partition coefficient (Wildman–Crippen LogP) is 3.42. The maximum absolute atomic E-state index is 12.4. The summed E-state index contributed by atoms with van der Waals surface area (Å²) < 4.78 is 7.47. The van der Waals surface area contributed by atoms with Gasteiger partial charge < -0.3 is 14.3 Å². The number of thiazole rings is 1. The molecule has 0 bridgehead atoms. The van der Waals surface area contributed by atoms with Gasteiger partial charge in [-0.25, -0.2) is 9.97 Å². The molecule has 3 aromatic heterocycles. The number of aryl methyl sites for hydroxylation is 2. The molecule has 23 heavy (non-hydrogen) atoms. The molecule has 3 rings (SSSR count). The van der Waals surface area contributed by atoms with E-state index in [9.17, 15) is 4.79 Å². The number of furan rings is 1. The summed E-state index contributed by atoms with van der Waals surface area (Å²) in [5, 5.41) is 5.82. The van der Waals surface area contributed by atoms with Gasteiger partial charge in [0.2, 0.25) is 0 Å². The molecule has 3 heterocycles. The largest absolute Gasteiger partial charge is 0.462 e. The minimum Gasteiger partial charge on any atom is -0.462 e. The topological polar surface area (TPSA) is 73.0 Å². The first kappa shape index (κ1) is 15.5. The summed E-state index contributed by atoms with van der Waals surface area (Å²) in [6.45, 7) is 6.70. The highest BCUT2D eigenvalue weighted by Gasteiger charge is 2.18. The maximum atomic E-state index is 12.4. The zero-order chi connectivity index (χ0) is 16.4. The fraction of sp³-hybridized carbons (Fsp3) is 0.312.